The van der Waals surface area contributed by atoms with E-state index in [2.05, 4.69) is 6.08 Å². The van der Waals surface area contributed by atoms with Crippen molar-refractivity contribution in [3.63, 3.8) is 0 Å². The molecule has 3 rings (SSSR count). The molecule has 0 amide bonds. The number of aliphatic hydroxyl groups is 1. The minimum atomic E-state index is -0.596. The van der Waals surface area contributed by atoms with Crippen molar-refractivity contribution in [1.29, 1.82) is 0 Å². The Bertz CT molecular complexity index is 525. The number of halogens is 1. The van der Waals surface area contributed by atoms with Crippen LogP contribution in [0.15, 0.2) is 23.8 Å². The maximum absolute atomic E-state index is 10.6. The highest BCUT2D eigenvalue weighted by molar-refractivity contribution is 6.32. The first kappa shape index (κ1) is 13.8. The largest absolute Gasteiger partial charge is 0.486 e. The van der Waals surface area contributed by atoms with Gasteiger partial charge in [0.25, 0.3) is 0 Å². The van der Waals surface area contributed by atoms with Gasteiger partial charge in [0.2, 0.25) is 0 Å². The van der Waals surface area contributed by atoms with Crippen molar-refractivity contribution < 1.29 is 14.6 Å². The van der Waals surface area contributed by atoms with Crippen LogP contribution in [0.25, 0.3) is 0 Å². The van der Waals surface area contributed by atoms with Crippen molar-refractivity contribution in [3.05, 3.63) is 34.4 Å². The van der Waals surface area contributed by atoms with Gasteiger partial charge in [-0.05, 0) is 49.0 Å². The van der Waals surface area contributed by atoms with Gasteiger partial charge >= 0.3 is 0 Å². The van der Waals surface area contributed by atoms with Gasteiger partial charge < -0.3 is 14.6 Å². The molecule has 1 aromatic rings. The van der Waals surface area contributed by atoms with Crippen LogP contribution >= 0.6 is 11.6 Å². The van der Waals surface area contributed by atoms with Crippen molar-refractivity contribution in [3.8, 4) is 11.5 Å². The molecular weight excluding hydrogens is 276 g/mol. The number of ether oxygens (including phenoxy) is 2. The Morgan fingerprint density at radius 3 is 2.85 bits per heavy atom. The summed E-state index contributed by atoms with van der Waals surface area (Å²) in [6.07, 6.45) is 7.15. The molecule has 0 fully saturated rings. The summed E-state index contributed by atoms with van der Waals surface area (Å²) in [6, 6.07) is 3.63. The summed E-state index contributed by atoms with van der Waals surface area (Å²) in [5, 5.41) is 11.1. The molecule has 20 heavy (non-hydrogen) atoms. The van der Waals surface area contributed by atoms with Crippen LogP contribution < -0.4 is 9.47 Å². The van der Waals surface area contributed by atoms with Gasteiger partial charge in [0, 0.05) is 0 Å². The maximum Gasteiger partial charge on any atom is 0.179 e. The Labute approximate surface area is 124 Å². The normalized spacial score (nSPS) is 20.0. The van der Waals surface area contributed by atoms with E-state index >= 15 is 0 Å². The van der Waals surface area contributed by atoms with Crippen molar-refractivity contribution in [2.24, 2.45) is 0 Å². The van der Waals surface area contributed by atoms with Crippen LogP contribution in [0.5, 0.6) is 11.5 Å². The fraction of sp³-hybridized carbons (Fsp3) is 0.500. The summed E-state index contributed by atoms with van der Waals surface area (Å²) in [5.74, 6) is 1.22. The molecule has 1 aromatic carbocycles. The highest BCUT2D eigenvalue weighted by Gasteiger charge is 2.21. The minimum absolute atomic E-state index is 0.505. The van der Waals surface area contributed by atoms with E-state index in [4.69, 9.17) is 21.1 Å². The average Bonchev–Trinajstić information content (AvgIpc) is 2.75. The Balaban J connectivity index is 1.89. The molecule has 1 aliphatic carbocycles. The van der Waals surface area contributed by atoms with Crippen LogP contribution in [0.2, 0.25) is 5.02 Å². The Hall–Kier alpha value is -1.19. The van der Waals surface area contributed by atoms with E-state index < -0.39 is 6.10 Å². The maximum atomic E-state index is 10.6. The number of aliphatic hydroxyl groups excluding tert-OH is 1. The van der Waals surface area contributed by atoms with Crippen LogP contribution in [0.1, 0.15) is 43.8 Å². The lowest BCUT2D eigenvalue weighted by Crippen LogP contribution is -2.16. The van der Waals surface area contributed by atoms with Crippen molar-refractivity contribution in [2.45, 2.75) is 38.2 Å². The molecule has 1 aliphatic heterocycles. The molecule has 0 radical (unpaired) electrons. The molecule has 0 saturated heterocycles. The summed E-state index contributed by atoms with van der Waals surface area (Å²) in [6.45, 7) is 1.03. The fourth-order valence-corrected chi connectivity index (χ4v) is 3.06. The third kappa shape index (κ3) is 2.79. The molecule has 4 heteroatoms. The second-order valence-corrected chi connectivity index (χ2v) is 5.72. The standard InChI is InChI=1S/C16H19ClO3/c17-13-9-12(10-14-16(13)20-8-7-19-14)15(18)11-5-3-1-2-4-6-11/h5,9-10,15,18H,1-4,6-8H2. The van der Waals surface area contributed by atoms with E-state index in [-0.39, 0.29) is 0 Å². The molecule has 2 aliphatic rings. The number of allylic oxidation sites excluding steroid dienone is 1. The molecule has 1 unspecified atom stereocenters. The van der Waals surface area contributed by atoms with Gasteiger partial charge in [0.05, 0.1) is 5.02 Å². The fourth-order valence-electron chi connectivity index (χ4n) is 2.79. The zero-order valence-electron chi connectivity index (χ0n) is 11.4. The predicted octanol–water partition coefficient (Wildman–Crippen LogP) is 4.04. The Kier molecular flexibility index (Phi) is 4.18. The van der Waals surface area contributed by atoms with Crippen molar-refractivity contribution >= 4 is 11.6 Å². The summed E-state index contributed by atoms with van der Waals surface area (Å²) >= 11 is 6.23. The molecule has 3 nitrogen and oxygen atoms in total. The molecule has 1 atom stereocenters. The molecule has 0 spiro atoms. The van der Waals surface area contributed by atoms with Crippen LogP contribution in [0, 0.1) is 0 Å². The Morgan fingerprint density at radius 2 is 1.95 bits per heavy atom. The van der Waals surface area contributed by atoms with Crippen molar-refractivity contribution in [2.75, 3.05) is 13.2 Å². The lowest BCUT2D eigenvalue weighted by molar-refractivity contribution is 0.169. The first-order valence-electron chi connectivity index (χ1n) is 7.22. The summed E-state index contributed by atoms with van der Waals surface area (Å²) in [4.78, 5) is 0. The second-order valence-electron chi connectivity index (χ2n) is 5.31. The van der Waals surface area contributed by atoms with Crippen LogP contribution in [-0.2, 0) is 0 Å². The highest BCUT2D eigenvalue weighted by atomic mass is 35.5. The van der Waals surface area contributed by atoms with Gasteiger partial charge in [-0.2, -0.15) is 0 Å². The number of rotatable bonds is 2. The zero-order chi connectivity index (χ0) is 13.9. The predicted molar refractivity (Wildman–Crippen MR) is 78.6 cm³/mol. The summed E-state index contributed by atoms with van der Waals surface area (Å²) < 4.78 is 11.1. The number of hydrogen-bond donors (Lipinski definition) is 1. The monoisotopic (exact) mass is 294 g/mol. The van der Waals surface area contributed by atoms with E-state index in [1.165, 1.54) is 12.8 Å². The van der Waals surface area contributed by atoms with Crippen LogP contribution in [-0.4, -0.2) is 18.3 Å². The van der Waals surface area contributed by atoms with Gasteiger partial charge in [-0.3, -0.25) is 0 Å². The third-order valence-electron chi connectivity index (χ3n) is 3.86. The molecule has 108 valence electrons. The second kappa shape index (κ2) is 6.06. The topological polar surface area (TPSA) is 38.7 Å². The Morgan fingerprint density at radius 1 is 1.10 bits per heavy atom. The summed E-state index contributed by atoms with van der Waals surface area (Å²) in [7, 11) is 0. The van der Waals surface area contributed by atoms with E-state index in [9.17, 15) is 5.11 Å². The number of hydrogen-bond acceptors (Lipinski definition) is 3. The zero-order valence-corrected chi connectivity index (χ0v) is 12.2. The molecular formula is C16H19ClO3. The molecule has 1 heterocycles. The molecule has 0 saturated carbocycles. The van der Waals surface area contributed by atoms with Gasteiger partial charge in [0.15, 0.2) is 11.5 Å². The smallest absolute Gasteiger partial charge is 0.179 e. The van der Waals surface area contributed by atoms with E-state index in [1.54, 1.807) is 6.07 Å². The first-order chi connectivity index (χ1) is 9.75. The van der Waals surface area contributed by atoms with Crippen LogP contribution in [0.4, 0.5) is 0 Å². The first-order valence-corrected chi connectivity index (χ1v) is 7.59. The molecule has 0 aromatic heterocycles. The van der Waals surface area contributed by atoms with Gasteiger partial charge in [0.1, 0.15) is 19.3 Å². The number of benzene rings is 1. The molecule has 1 N–H and O–H groups in total. The average molecular weight is 295 g/mol. The van der Waals surface area contributed by atoms with E-state index in [0.717, 1.165) is 30.4 Å². The lowest BCUT2D eigenvalue weighted by Gasteiger charge is -2.22. The van der Waals surface area contributed by atoms with Gasteiger partial charge in [-0.15, -0.1) is 0 Å². The van der Waals surface area contributed by atoms with Crippen molar-refractivity contribution in [1.82, 2.24) is 0 Å². The quantitative estimate of drug-likeness (QED) is 0.837. The van der Waals surface area contributed by atoms with Crippen LogP contribution in [0.3, 0.4) is 0 Å². The van der Waals surface area contributed by atoms with E-state index in [1.807, 2.05) is 6.07 Å². The van der Waals surface area contributed by atoms with Gasteiger partial charge in [-0.1, -0.05) is 24.1 Å². The SMILES string of the molecule is OC(C1=CCCCCC1)c1cc(Cl)c2c(c1)OCCO2. The lowest BCUT2D eigenvalue weighted by atomic mass is 9.97. The minimum Gasteiger partial charge on any atom is -0.486 e. The number of fused-ring (bicyclic) bond motifs is 1. The molecule has 0 bridgehead atoms. The highest BCUT2D eigenvalue weighted by Crippen LogP contribution is 2.41. The summed E-state index contributed by atoms with van der Waals surface area (Å²) in [5.41, 5.74) is 1.88. The van der Waals surface area contributed by atoms with E-state index in [0.29, 0.717) is 29.7 Å². The van der Waals surface area contributed by atoms with Gasteiger partial charge in [-0.25, -0.2) is 0 Å². The third-order valence-corrected chi connectivity index (χ3v) is 4.14.